The molecule has 0 amide bonds. The van der Waals surface area contributed by atoms with Crippen LogP contribution in [0.5, 0.6) is 0 Å². The smallest absolute Gasteiger partial charge is 0.265 e. The molecule has 0 aliphatic carbocycles. The number of hydrogen-bond acceptors (Lipinski definition) is 4. The van der Waals surface area contributed by atoms with Crippen LogP contribution in [0.3, 0.4) is 0 Å². The lowest BCUT2D eigenvalue weighted by Crippen LogP contribution is -2.14. The molecule has 0 aliphatic heterocycles. The molecule has 94 valence electrons. The largest absolute Gasteiger partial charge is 0.378 e. The molecule has 5 nitrogen and oxygen atoms in total. The highest BCUT2D eigenvalue weighted by Gasteiger charge is 2.10. The molecule has 0 saturated carbocycles. The number of H-pyrrole nitrogens is 1. The van der Waals surface area contributed by atoms with E-state index in [0.29, 0.717) is 21.7 Å². The van der Waals surface area contributed by atoms with E-state index in [-0.39, 0.29) is 12.2 Å². The molecular formula is C11H9Br2N3O2. The van der Waals surface area contributed by atoms with Gasteiger partial charge in [-0.2, -0.15) is 0 Å². The van der Waals surface area contributed by atoms with Gasteiger partial charge in [-0.3, -0.25) is 9.78 Å². The van der Waals surface area contributed by atoms with Crippen molar-refractivity contribution >= 4 is 31.9 Å². The van der Waals surface area contributed by atoms with Crippen molar-refractivity contribution in [1.29, 1.82) is 0 Å². The zero-order valence-electron chi connectivity index (χ0n) is 9.41. The predicted octanol–water partition coefficient (Wildman–Crippen LogP) is 2.50. The third-order valence-corrected chi connectivity index (χ3v) is 3.47. The maximum Gasteiger partial charge on any atom is 0.265 e. The fourth-order valence-corrected chi connectivity index (χ4v) is 1.91. The Morgan fingerprint density at radius 2 is 2.17 bits per heavy atom. The van der Waals surface area contributed by atoms with Gasteiger partial charge >= 0.3 is 0 Å². The van der Waals surface area contributed by atoms with Crippen LogP contribution in [0.1, 0.15) is 5.69 Å². The molecule has 0 unspecified atom stereocenters. The average molecular weight is 375 g/mol. The second-order valence-corrected chi connectivity index (χ2v) is 5.18. The number of nitrogens with one attached hydrogen (secondary N) is 1. The van der Waals surface area contributed by atoms with Crippen LogP contribution in [0.4, 0.5) is 0 Å². The fourth-order valence-electron chi connectivity index (χ4n) is 1.38. The summed E-state index contributed by atoms with van der Waals surface area (Å²) in [5.41, 5.74) is 0.887. The van der Waals surface area contributed by atoms with E-state index in [1.165, 1.54) is 0 Å². The lowest BCUT2D eigenvalue weighted by molar-refractivity contribution is 0.180. The van der Waals surface area contributed by atoms with E-state index in [1.54, 1.807) is 19.4 Å². The third-order valence-electron chi connectivity index (χ3n) is 2.18. The number of halogens is 2. The normalized spacial score (nSPS) is 10.6. The standard InChI is InChI=1S/C11H9Br2N3O2/c1-18-5-8-9(13)11(17)16-10(15-8)7-3-2-6(12)4-14-7/h2-4H,5H2,1H3,(H,15,16,17). The topological polar surface area (TPSA) is 67.9 Å². The summed E-state index contributed by atoms with van der Waals surface area (Å²) < 4.78 is 6.24. The van der Waals surface area contributed by atoms with E-state index in [1.807, 2.05) is 6.07 Å². The van der Waals surface area contributed by atoms with Crippen molar-refractivity contribution in [2.75, 3.05) is 7.11 Å². The van der Waals surface area contributed by atoms with E-state index in [4.69, 9.17) is 4.74 Å². The zero-order chi connectivity index (χ0) is 13.1. The Morgan fingerprint density at radius 3 is 2.78 bits per heavy atom. The second-order valence-electron chi connectivity index (χ2n) is 3.47. The van der Waals surface area contributed by atoms with Crippen molar-refractivity contribution < 1.29 is 4.74 Å². The van der Waals surface area contributed by atoms with Crippen molar-refractivity contribution in [2.24, 2.45) is 0 Å². The highest BCUT2D eigenvalue weighted by molar-refractivity contribution is 9.10. The summed E-state index contributed by atoms with van der Waals surface area (Å²) in [6, 6.07) is 3.60. The molecule has 0 saturated heterocycles. The van der Waals surface area contributed by atoms with E-state index in [0.717, 1.165) is 4.47 Å². The molecule has 0 aliphatic rings. The molecular weight excluding hydrogens is 366 g/mol. The summed E-state index contributed by atoms with van der Waals surface area (Å²) in [5, 5.41) is 0. The van der Waals surface area contributed by atoms with Crippen LogP contribution in [0.25, 0.3) is 11.5 Å². The van der Waals surface area contributed by atoms with Crippen molar-refractivity contribution in [3.05, 3.63) is 43.3 Å². The number of ether oxygens (including phenoxy) is 1. The minimum absolute atomic E-state index is 0.253. The van der Waals surface area contributed by atoms with Gasteiger partial charge in [0.25, 0.3) is 5.56 Å². The number of aromatic amines is 1. The van der Waals surface area contributed by atoms with Crippen molar-refractivity contribution in [3.8, 4) is 11.5 Å². The van der Waals surface area contributed by atoms with Gasteiger partial charge in [0, 0.05) is 17.8 Å². The summed E-state index contributed by atoms with van der Waals surface area (Å²) in [4.78, 5) is 22.9. The first-order chi connectivity index (χ1) is 8.61. The van der Waals surface area contributed by atoms with Gasteiger partial charge in [0.1, 0.15) is 10.2 Å². The van der Waals surface area contributed by atoms with Crippen LogP contribution >= 0.6 is 31.9 Å². The predicted molar refractivity (Wildman–Crippen MR) is 74.2 cm³/mol. The van der Waals surface area contributed by atoms with Gasteiger partial charge in [-0.05, 0) is 44.0 Å². The Morgan fingerprint density at radius 1 is 1.39 bits per heavy atom. The molecule has 0 radical (unpaired) electrons. The molecule has 0 fully saturated rings. The van der Waals surface area contributed by atoms with Gasteiger partial charge < -0.3 is 9.72 Å². The average Bonchev–Trinajstić information content (AvgIpc) is 2.36. The molecule has 18 heavy (non-hydrogen) atoms. The van der Waals surface area contributed by atoms with Crippen molar-refractivity contribution in [1.82, 2.24) is 15.0 Å². The summed E-state index contributed by atoms with van der Waals surface area (Å²) in [6.45, 7) is 0.258. The monoisotopic (exact) mass is 373 g/mol. The Kier molecular flexibility index (Phi) is 4.26. The lowest BCUT2D eigenvalue weighted by atomic mass is 10.3. The number of methoxy groups -OCH3 is 1. The molecule has 2 rings (SSSR count). The summed E-state index contributed by atoms with van der Waals surface area (Å²) in [5.74, 6) is 0.419. The van der Waals surface area contributed by atoms with Gasteiger partial charge in [-0.25, -0.2) is 4.98 Å². The van der Waals surface area contributed by atoms with Crippen molar-refractivity contribution in [3.63, 3.8) is 0 Å². The highest BCUT2D eigenvalue weighted by Crippen LogP contribution is 2.17. The molecule has 0 aromatic carbocycles. The van der Waals surface area contributed by atoms with E-state index in [2.05, 4.69) is 46.8 Å². The maximum atomic E-state index is 11.7. The Labute approximate surface area is 120 Å². The minimum Gasteiger partial charge on any atom is -0.378 e. The fraction of sp³-hybridized carbons (Fsp3) is 0.182. The van der Waals surface area contributed by atoms with E-state index in [9.17, 15) is 4.79 Å². The van der Waals surface area contributed by atoms with Crippen LogP contribution in [0.15, 0.2) is 32.1 Å². The summed E-state index contributed by atoms with van der Waals surface area (Å²) in [7, 11) is 1.55. The van der Waals surface area contributed by atoms with Crippen LogP contribution in [0.2, 0.25) is 0 Å². The lowest BCUT2D eigenvalue weighted by Gasteiger charge is -2.05. The summed E-state index contributed by atoms with van der Waals surface area (Å²) >= 11 is 6.49. The first-order valence-corrected chi connectivity index (χ1v) is 6.60. The number of rotatable bonds is 3. The Balaban J connectivity index is 2.51. The van der Waals surface area contributed by atoms with Crippen LogP contribution in [0, 0.1) is 0 Å². The highest BCUT2D eigenvalue weighted by atomic mass is 79.9. The first kappa shape index (κ1) is 13.4. The molecule has 1 N–H and O–H groups in total. The van der Waals surface area contributed by atoms with Gasteiger partial charge in [-0.1, -0.05) is 0 Å². The number of nitrogens with zero attached hydrogens (tertiary/aromatic N) is 2. The van der Waals surface area contributed by atoms with Gasteiger partial charge in [0.05, 0.1) is 12.3 Å². The molecule has 0 bridgehead atoms. The molecule has 2 heterocycles. The minimum atomic E-state index is -0.253. The Bertz CT molecular complexity index is 611. The number of hydrogen-bond donors (Lipinski definition) is 1. The van der Waals surface area contributed by atoms with Crippen LogP contribution < -0.4 is 5.56 Å². The maximum absolute atomic E-state index is 11.7. The van der Waals surface area contributed by atoms with E-state index < -0.39 is 0 Å². The van der Waals surface area contributed by atoms with Gasteiger partial charge in [0.2, 0.25) is 0 Å². The molecule has 0 spiro atoms. The quantitative estimate of drug-likeness (QED) is 0.896. The third kappa shape index (κ3) is 2.85. The number of pyridine rings is 1. The Hall–Kier alpha value is -1.05. The van der Waals surface area contributed by atoms with Crippen molar-refractivity contribution in [2.45, 2.75) is 6.61 Å². The zero-order valence-corrected chi connectivity index (χ0v) is 12.6. The molecule has 2 aromatic rings. The number of aromatic nitrogens is 3. The first-order valence-electron chi connectivity index (χ1n) is 5.01. The van der Waals surface area contributed by atoms with Gasteiger partial charge in [0.15, 0.2) is 5.82 Å². The summed E-state index contributed by atoms with van der Waals surface area (Å²) in [6.07, 6.45) is 1.65. The van der Waals surface area contributed by atoms with Crippen LogP contribution in [-0.4, -0.2) is 22.1 Å². The molecule has 2 aromatic heterocycles. The van der Waals surface area contributed by atoms with E-state index >= 15 is 0 Å². The molecule has 0 atom stereocenters. The van der Waals surface area contributed by atoms with Crippen LogP contribution in [-0.2, 0) is 11.3 Å². The molecule has 7 heteroatoms. The SMILES string of the molecule is COCc1nc(-c2ccc(Br)cn2)[nH]c(=O)c1Br. The van der Waals surface area contributed by atoms with Gasteiger partial charge in [-0.15, -0.1) is 0 Å². The second kappa shape index (κ2) is 5.73.